The molecule has 3 N–H and O–H groups in total. The molecule has 20 heavy (non-hydrogen) atoms. The van der Waals surface area contributed by atoms with Crippen LogP contribution < -0.4 is 5.73 Å². The molecule has 0 aliphatic heterocycles. The van der Waals surface area contributed by atoms with Gasteiger partial charge < -0.3 is 15.4 Å². The first kappa shape index (κ1) is 14.7. The molecule has 0 bridgehead atoms. The molecule has 6 heteroatoms. The highest BCUT2D eigenvalue weighted by Crippen LogP contribution is 2.25. The Labute approximate surface area is 119 Å². The molecule has 0 fully saturated rings. The lowest BCUT2D eigenvalue weighted by atomic mass is 10.0. The Morgan fingerprint density at radius 1 is 1.20 bits per heavy atom. The molecule has 2 aromatic rings. The standard InChI is InChI=1S/C14H23N5O/c1-2-3-4-5-6-11(7-8-20)19-10-18-12-13(15)16-9-17-14(12)19/h9-11,20H,2-8H2,1H3,(H2,15,16,17). The number of hydrogen-bond donors (Lipinski definition) is 2. The van der Waals surface area contributed by atoms with Crippen molar-refractivity contribution in [3.05, 3.63) is 12.7 Å². The minimum Gasteiger partial charge on any atom is -0.396 e. The van der Waals surface area contributed by atoms with E-state index >= 15 is 0 Å². The number of anilines is 1. The Morgan fingerprint density at radius 3 is 2.80 bits per heavy atom. The van der Waals surface area contributed by atoms with E-state index in [1.54, 1.807) is 6.33 Å². The quantitative estimate of drug-likeness (QED) is 0.723. The van der Waals surface area contributed by atoms with E-state index in [9.17, 15) is 5.11 Å². The molecule has 0 spiro atoms. The molecule has 0 aromatic carbocycles. The van der Waals surface area contributed by atoms with E-state index < -0.39 is 0 Å². The van der Waals surface area contributed by atoms with Gasteiger partial charge in [-0.1, -0.05) is 32.6 Å². The first-order valence-corrected chi connectivity index (χ1v) is 7.31. The van der Waals surface area contributed by atoms with Gasteiger partial charge in [-0.15, -0.1) is 0 Å². The highest BCUT2D eigenvalue weighted by atomic mass is 16.3. The number of nitrogen functional groups attached to an aromatic ring is 1. The summed E-state index contributed by atoms with van der Waals surface area (Å²) in [4.78, 5) is 12.5. The maximum atomic E-state index is 9.27. The fraction of sp³-hybridized carbons (Fsp3) is 0.643. The molecule has 110 valence electrons. The minimum atomic E-state index is 0.165. The molecule has 0 amide bonds. The number of aliphatic hydroxyl groups is 1. The van der Waals surface area contributed by atoms with Crippen molar-refractivity contribution >= 4 is 17.0 Å². The number of rotatable bonds is 8. The van der Waals surface area contributed by atoms with Crippen molar-refractivity contribution in [1.29, 1.82) is 0 Å². The van der Waals surface area contributed by atoms with Gasteiger partial charge in [0.25, 0.3) is 0 Å². The Bertz CT molecular complexity index is 539. The van der Waals surface area contributed by atoms with Gasteiger partial charge >= 0.3 is 0 Å². The van der Waals surface area contributed by atoms with Crippen molar-refractivity contribution < 1.29 is 5.11 Å². The van der Waals surface area contributed by atoms with Crippen LogP contribution in [0.1, 0.15) is 51.5 Å². The molecule has 0 aliphatic carbocycles. The lowest BCUT2D eigenvalue weighted by Gasteiger charge is -2.18. The summed E-state index contributed by atoms with van der Waals surface area (Å²) in [7, 11) is 0. The third kappa shape index (κ3) is 3.25. The second kappa shape index (κ2) is 7.19. The van der Waals surface area contributed by atoms with Crippen LogP contribution in [-0.2, 0) is 0 Å². The fourth-order valence-electron chi connectivity index (χ4n) is 2.52. The fourth-order valence-corrected chi connectivity index (χ4v) is 2.52. The zero-order valence-electron chi connectivity index (χ0n) is 12.0. The van der Waals surface area contributed by atoms with E-state index in [4.69, 9.17) is 5.73 Å². The smallest absolute Gasteiger partial charge is 0.165 e. The van der Waals surface area contributed by atoms with Crippen molar-refractivity contribution in [2.24, 2.45) is 0 Å². The summed E-state index contributed by atoms with van der Waals surface area (Å²) < 4.78 is 2.02. The number of aromatic nitrogens is 4. The summed E-state index contributed by atoms with van der Waals surface area (Å²) in [6.45, 7) is 2.37. The van der Waals surface area contributed by atoms with E-state index in [0.29, 0.717) is 17.8 Å². The van der Waals surface area contributed by atoms with Crippen LogP contribution in [0.4, 0.5) is 5.82 Å². The van der Waals surface area contributed by atoms with Crippen LogP contribution in [0.5, 0.6) is 0 Å². The van der Waals surface area contributed by atoms with Crippen LogP contribution in [0.2, 0.25) is 0 Å². The maximum Gasteiger partial charge on any atom is 0.165 e. The molecule has 0 aliphatic rings. The Kier molecular flexibility index (Phi) is 5.29. The van der Waals surface area contributed by atoms with E-state index in [1.165, 1.54) is 25.6 Å². The van der Waals surface area contributed by atoms with Gasteiger partial charge in [0.1, 0.15) is 11.8 Å². The topological polar surface area (TPSA) is 89.8 Å². The Morgan fingerprint density at radius 2 is 2.05 bits per heavy atom. The zero-order valence-corrected chi connectivity index (χ0v) is 12.0. The average Bonchev–Trinajstić information content (AvgIpc) is 2.88. The Balaban J connectivity index is 2.16. The van der Waals surface area contributed by atoms with Gasteiger partial charge in [-0.05, 0) is 12.8 Å². The minimum absolute atomic E-state index is 0.165. The average molecular weight is 277 g/mol. The highest BCUT2D eigenvalue weighted by molar-refractivity contribution is 5.81. The van der Waals surface area contributed by atoms with Crippen LogP contribution in [0.25, 0.3) is 11.2 Å². The van der Waals surface area contributed by atoms with E-state index in [0.717, 1.165) is 18.5 Å². The van der Waals surface area contributed by atoms with E-state index in [1.807, 2.05) is 4.57 Å². The summed E-state index contributed by atoms with van der Waals surface area (Å²) in [6, 6.07) is 0.219. The van der Waals surface area contributed by atoms with Crippen molar-refractivity contribution in [3.63, 3.8) is 0 Å². The van der Waals surface area contributed by atoms with Crippen molar-refractivity contribution in [1.82, 2.24) is 19.5 Å². The molecule has 1 unspecified atom stereocenters. The number of imidazole rings is 1. The second-order valence-electron chi connectivity index (χ2n) is 5.10. The first-order valence-electron chi connectivity index (χ1n) is 7.31. The predicted octanol–water partition coefficient (Wildman–Crippen LogP) is 2.30. The summed E-state index contributed by atoms with van der Waals surface area (Å²) in [5.74, 6) is 0.405. The van der Waals surface area contributed by atoms with Crippen molar-refractivity contribution in [2.75, 3.05) is 12.3 Å². The predicted molar refractivity (Wildman–Crippen MR) is 79.2 cm³/mol. The first-order chi connectivity index (χ1) is 9.77. The molecular formula is C14H23N5O. The van der Waals surface area contributed by atoms with Crippen LogP contribution >= 0.6 is 0 Å². The van der Waals surface area contributed by atoms with Gasteiger partial charge in [0.15, 0.2) is 11.5 Å². The highest BCUT2D eigenvalue weighted by Gasteiger charge is 2.15. The van der Waals surface area contributed by atoms with Crippen molar-refractivity contribution in [2.45, 2.75) is 51.5 Å². The third-order valence-corrected chi connectivity index (χ3v) is 3.63. The van der Waals surface area contributed by atoms with Crippen LogP contribution in [0, 0.1) is 0 Å². The van der Waals surface area contributed by atoms with Gasteiger partial charge in [0.2, 0.25) is 0 Å². The molecule has 0 radical (unpaired) electrons. The molecule has 2 heterocycles. The molecule has 2 rings (SSSR count). The largest absolute Gasteiger partial charge is 0.396 e. The van der Waals surface area contributed by atoms with Gasteiger partial charge in [-0.2, -0.15) is 0 Å². The normalized spacial score (nSPS) is 12.9. The molecule has 0 saturated heterocycles. The van der Waals surface area contributed by atoms with Gasteiger partial charge in [-0.3, -0.25) is 0 Å². The van der Waals surface area contributed by atoms with Gasteiger partial charge in [-0.25, -0.2) is 15.0 Å². The molecule has 0 saturated carbocycles. The number of nitrogens with zero attached hydrogens (tertiary/aromatic N) is 4. The number of unbranched alkanes of at least 4 members (excludes halogenated alkanes) is 3. The van der Waals surface area contributed by atoms with Gasteiger partial charge in [0.05, 0.1) is 6.33 Å². The summed E-state index contributed by atoms with van der Waals surface area (Å²) >= 11 is 0. The number of fused-ring (bicyclic) bond motifs is 1. The van der Waals surface area contributed by atoms with E-state index in [2.05, 4.69) is 21.9 Å². The molecule has 1 atom stereocenters. The SMILES string of the molecule is CCCCCCC(CCO)n1cnc2c(N)ncnc21. The number of aliphatic hydroxyl groups excluding tert-OH is 1. The second-order valence-corrected chi connectivity index (χ2v) is 5.10. The molecular weight excluding hydrogens is 254 g/mol. The monoisotopic (exact) mass is 277 g/mol. The summed E-state index contributed by atoms with van der Waals surface area (Å²) in [5, 5.41) is 9.27. The van der Waals surface area contributed by atoms with Crippen LogP contribution in [0.15, 0.2) is 12.7 Å². The van der Waals surface area contributed by atoms with Crippen molar-refractivity contribution in [3.8, 4) is 0 Å². The zero-order chi connectivity index (χ0) is 14.4. The van der Waals surface area contributed by atoms with Crippen LogP contribution in [-0.4, -0.2) is 31.2 Å². The molecule has 6 nitrogen and oxygen atoms in total. The summed E-state index contributed by atoms with van der Waals surface area (Å²) in [5.41, 5.74) is 7.21. The van der Waals surface area contributed by atoms with E-state index in [-0.39, 0.29) is 12.6 Å². The summed E-state index contributed by atoms with van der Waals surface area (Å²) in [6.07, 6.45) is 9.81. The third-order valence-electron chi connectivity index (χ3n) is 3.63. The lowest BCUT2D eigenvalue weighted by Crippen LogP contribution is -2.11. The molecule has 2 aromatic heterocycles. The number of hydrogen-bond acceptors (Lipinski definition) is 5. The van der Waals surface area contributed by atoms with Gasteiger partial charge in [0, 0.05) is 12.6 Å². The number of nitrogens with two attached hydrogens (primary N) is 1. The lowest BCUT2D eigenvalue weighted by molar-refractivity contribution is 0.251. The van der Waals surface area contributed by atoms with Crippen LogP contribution in [0.3, 0.4) is 0 Å². The maximum absolute atomic E-state index is 9.27. The Hall–Kier alpha value is -1.69.